The number of nitrogens with zero attached hydrogens (tertiary/aromatic N) is 1. The number of halogens is 1. The van der Waals surface area contributed by atoms with Crippen molar-refractivity contribution in [1.29, 1.82) is 0 Å². The van der Waals surface area contributed by atoms with Crippen LogP contribution in [0.25, 0.3) is 0 Å². The van der Waals surface area contributed by atoms with Crippen LogP contribution in [-0.2, 0) is 9.53 Å². The van der Waals surface area contributed by atoms with E-state index in [1.807, 2.05) is 0 Å². The molecule has 1 aromatic carbocycles. The van der Waals surface area contributed by atoms with Crippen molar-refractivity contribution < 1.29 is 19.2 Å². The Labute approximate surface area is 99.4 Å². The van der Waals surface area contributed by atoms with Gasteiger partial charge in [0.1, 0.15) is 5.75 Å². The van der Waals surface area contributed by atoms with Gasteiger partial charge < -0.3 is 9.47 Å². The third kappa shape index (κ3) is 3.20. The highest BCUT2D eigenvalue weighted by molar-refractivity contribution is 9.10. The zero-order valence-electron chi connectivity index (χ0n) is 8.31. The fourth-order valence-electron chi connectivity index (χ4n) is 0.912. The summed E-state index contributed by atoms with van der Waals surface area (Å²) in [6.07, 6.45) is 0. The minimum Gasteiger partial charge on any atom is -0.480 e. The maximum atomic E-state index is 10.8. The molecule has 0 aliphatic heterocycles. The van der Waals surface area contributed by atoms with Crippen LogP contribution >= 0.6 is 15.9 Å². The summed E-state index contributed by atoms with van der Waals surface area (Å²) in [5.74, 6) is -0.335. The van der Waals surface area contributed by atoms with Crippen LogP contribution in [0.15, 0.2) is 22.7 Å². The van der Waals surface area contributed by atoms with Gasteiger partial charge in [-0.2, -0.15) is 0 Å². The summed E-state index contributed by atoms with van der Waals surface area (Å²) in [7, 11) is 1.23. The number of rotatable bonds is 4. The predicted molar refractivity (Wildman–Crippen MR) is 58.3 cm³/mol. The van der Waals surface area contributed by atoms with E-state index in [1.165, 1.54) is 25.3 Å². The number of carbonyl (C=O) groups is 1. The molecular formula is C9H8BrNO5. The molecule has 6 nitrogen and oxygen atoms in total. The van der Waals surface area contributed by atoms with Gasteiger partial charge in [-0.1, -0.05) is 0 Å². The van der Waals surface area contributed by atoms with Gasteiger partial charge in [0.05, 0.1) is 22.6 Å². The first-order valence-corrected chi connectivity index (χ1v) is 4.97. The molecule has 16 heavy (non-hydrogen) atoms. The van der Waals surface area contributed by atoms with E-state index in [4.69, 9.17) is 4.74 Å². The number of methoxy groups -OCH3 is 1. The van der Waals surface area contributed by atoms with Crippen LogP contribution in [0.5, 0.6) is 5.75 Å². The first kappa shape index (κ1) is 12.4. The zero-order chi connectivity index (χ0) is 12.1. The van der Waals surface area contributed by atoms with Crippen molar-refractivity contribution in [3.63, 3.8) is 0 Å². The second-order valence-corrected chi connectivity index (χ2v) is 3.59. The molecule has 86 valence electrons. The zero-order valence-corrected chi connectivity index (χ0v) is 9.89. The second kappa shape index (κ2) is 5.45. The van der Waals surface area contributed by atoms with Crippen LogP contribution in [0.1, 0.15) is 0 Å². The van der Waals surface area contributed by atoms with Crippen molar-refractivity contribution in [2.24, 2.45) is 0 Å². The number of nitro benzene ring substituents is 1. The van der Waals surface area contributed by atoms with Gasteiger partial charge in [-0.15, -0.1) is 0 Å². The highest BCUT2D eigenvalue weighted by atomic mass is 79.9. The first-order chi connectivity index (χ1) is 7.54. The van der Waals surface area contributed by atoms with E-state index < -0.39 is 10.9 Å². The lowest BCUT2D eigenvalue weighted by atomic mass is 10.3. The molecule has 0 unspecified atom stereocenters. The average molecular weight is 290 g/mol. The lowest BCUT2D eigenvalue weighted by Crippen LogP contribution is -2.12. The van der Waals surface area contributed by atoms with Crippen LogP contribution < -0.4 is 4.74 Å². The summed E-state index contributed by atoms with van der Waals surface area (Å²) >= 11 is 3.15. The lowest BCUT2D eigenvalue weighted by Gasteiger charge is -2.06. The van der Waals surface area contributed by atoms with Crippen LogP contribution in [0, 0.1) is 10.1 Å². The molecule has 0 aliphatic carbocycles. The number of carbonyl (C=O) groups excluding carboxylic acids is 1. The smallest absolute Gasteiger partial charge is 0.343 e. The molecule has 7 heteroatoms. The maximum Gasteiger partial charge on any atom is 0.343 e. The number of hydrogen-bond donors (Lipinski definition) is 0. The van der Waals surface area contributed by atoms with Gasteiger partial charge in [0, 0.05) is 6.07 Å². The summed E-state index contributed by atoms with van der Waals surface area (Å²) in [5, 5.41) is 10.5. The number of nitro groups is 1. The monoisotopic (exact) mass is 289 g/mol. The maximum absolute atomic E-state index is 10.8. The summed E-state index contributed by atoms with van der Waals surface area (Å²) < 4.78 is 9.96. The summed E-state index contributed by atoms with van der Waals surface area (Å²) in [4.78, 5) is 20.8. The van der Waals surface area contributed by atoms with Crippen LogP contribution in [0.2, 0.25) is 0 Å². The first-order valence-electron chi connectivity index (χ1n) is 4.18. The summed E-state index contributed by atoms with van der Waals surface area (Å²) in [6, 6.07) is 4.03. The van der Waals surface area contributed by atoms with Gasteiger partial charge in [-0.3, -0.25) is 10.1 Å². The van der Waals surface area contributed by atoms with Gasteiger partial charge in [-0.05, 0) is 22.0 Å². The molecule has 1 aromatic rings. The SMILES string of the molecule is COC(=O)COc1cc([N+](=O)[O-])ccc1Br. The van der Waals surface area contributed by atoms with E-state index in [0.29, 0.717) is 4.47 Å². The standard InChI is InChI=1S/C9H8BrNO5/c1-15-9(12)5-16-8-4-6(11(13)14)2-3-7(8)10/h2-4H,5H2,1H3. The second-order valence-electron chi connectivity index (χ2n) is 2.74. The van der Waals surface area contributed by atoms with Crippen molar-refractivity contribution in [3.05, 3.63) is 32.8 Å². The van der Waals surface area contributed by atoms with Gasteiger partial charge in [0.15, 0.2) is 6.61 Å². The Bertz CT molecular complexity index is 420. The predicted octanol–water partition coefficient (Wildman–Crippen LogP) is 1.91. The van der Waals surface area contributed by atoms with E-state index in [2.05, 4.69) is 20.7 Å². The number of non-ortho nitro benzene ring substituents is 1. The molecule has 0 bridgehead atoms. The van der Waals surface area contributed by atoms with Crippen LogP contribution in [-0.4, -0.2) is 24.6 Å². The number of benzene rings is 1. The van der Waals surface area contributed by atoms with Gasteiger partial charge in [0.25, 0.3) is 5.69 Å². The van der Waals surface area contributed by atoms with Gasteiger partial charge >= 0.3 is 5.97 Å². The Balaban J connectivity index is 2.82. The highest BCUT2D eigenvalue weighted by Crippen LogP contribution is 2.29. The van der Waals surface area contributed by atoms with Crippen molar-refractivity contribution in [3.8, 4) is 5.75 Å². The van der Waals surface area contributed by atoms with Crippen LogP contribution in [0.4, 0.5) is 5.69 Å². The Morgan fingerprint density at radius 3 is 2.81 bits per heavy atom. The van der Waals surface area contributed by atoms with Gasteiger partial charge in [0.2, 0.25) is 0 Å². The van der Waals surface area contributed by atoms with E-state index in [9.17, 15) is 14.9 Å². The van der Waals surface area contributed by atoms with Crippen molar-refractivity contribution >= 4 is 27.6 Å². The molecule has 0 amide bonds. The Morgan fingerprint density at radius 1 is 1.56 bits per heavy atom. The molecule has 0 aliphatic rings. The van der Waals surface area contributed by atoms with Crippen LogP contribution in [0.3, 0.4) is 0 Å². The molecule has 0 saturated heterocycles. The number of ether oxygens (including phenoxy) is 2. The minimum atomic E-state index is -0.557. The topological polar surface area (TPSA) is 78.7 Å². The van der Waals surface area contributed by atoms with E-state index in [1.54, 1.807) is 0 Å². The van der Waals surface area contributed by atoms with Gasteiger partial charge in [-0.25, -0.2) is 4.79 Å². The third-order valence-electron chi connectivity index (χ3n) is 1.70. The molecule has 0 spiro atoms. The normalized spacial score (nSPS) is 9.62. The molecule has 0 N–H and O–H groups in total. The highest BCUT2D eigenvalue weighted by Gasteiger charge is 2.11. The summed E-state index contributed by atoms with van der Waals surface area (Å²) in [5.41, 5.74) is -0.108. The quantitative estimate of drug-likeness (QED) is 0.481. The molecule has 0 atom stereocenters. The molecule has 0 radical (unpaired) electrons. The lowest BCUT2D eigenvalue weighted by molar-refractivity contribution is -0.385. The minimum absolute atomic E-state index is 0.108. The van der Waals surface area contributed by atoms with E-state index in [-0.39, 0.29) is 18.0 Å². The average Bonchev–Trinajstić information content (AvgIpc) is 2.27. The largest absolute Gasteiger partial charge is 0.480 e. The molecule has 0 aromatic heterocycles. The Morgan fingerprint density at radius 2 is 2.25 bits per heavy atom. The molecule has 1 rings (SSSR count). The Hall–Kier alpha value is -1.63. The number of esters is 1. The fourth-order valence-corrected chi connectivity index (χ4v) is 1.27. The fraction of sp³-hybridized carbons (Fsp3) is 0.222. The molecule has 0 fully saturated rings. The van der Waals surface area contributed by atoms with E-state index in [0.717, 1.165) is 0 Å². The summed E-state index contributed by atoms with van der Waals surface area (Å²) in [6.45, 7) is -0.295. The van der Waals surface area contributed by atoms with Crippen molar-refractivity contribution in [2.45, 2.75) is 0 Å². The molecule has 0 saturated carbocycles. The third-order valence-corrected chi connectivity index (χ3v) is 2.35. The molecule has 0 heterocycles. The van der Waals surface area contributed by atoms with E-state index >= 15 is 0 Å². The number of hydrogen-bond acceptors (Lipinski definition) is 5. The van der Waals surface area contributed by atoms with Crippen molar-refractivity contribution in [2.75, 3.05) is 13.7 Å². The van der Waals surface area contributed by atoms with Crippen molar-refractivity contribution in [1.82, 2.24) is 0 Å². The molecular weight excluding hydrogens is 282 g/mol. The Kier molecular flexibility index (Phi) is 4.24.